The summed E-state index contributed by atoms with van der Waals surface area (Å²) in [4.78, 5) is 33.0. The molecule has 4 aromatic rings. The number of likely N-dealkylation sites (N-methyl/N-ethyl adjacent to an activating group) is 1. The molecule has 0 fully saturated rings. The Hall–Kier alpha value is -3.82. The maximum atomic E-state index is 12.7. The Morgan fingerprint density at radius 2 is 1.90 bits per heavy atom. The van der Waals surface area contributed by atoms with Crippen LogP contribution in [-0.4, -0.2) is 45.1 Å². The summed E-state index contributed by atoms with van der Waals surface area (Å²) in [6.45, 7) is 10.2. The van der Waals surface area contributed by atoms with E-state index < -0.39 is 19.7 Å². The first-order valence-corrected chi connectivity index (χ1v) is 14.0. The molecule has 0 saturated heterocycles. The number of methoxy groups -OCH3 is 1. The smallest absolute Gasteiger partial charge is 0.474 e. The lowest BCUT2D eigenvalue weighted by Crippen LogP contribution is -2.23. The van der Waals surface area contributed by atoms with Crippen molar-refractivity contribution in [3.05, 3.63) is 73.7 Å². The van der Waals surface area contributed by atoms with Gasteiger partial charge < -0.3 is 19.1 Å². The van der Waals surface area contributed by atoms with Crippen molar-refractivity contribution in [2.45, 2.75) is 39.5 Å². The van der Waals surface area contributed by atoms with Gasteiger partial charge in [-0.1, -0.05) is 18.7 Å². The number of nitrogens with zero attached hydrogens (tertiary/aromatic N) is 4. The molecule has 11 heteroatoms. The highest BCUT2D eigenvalue weighted by Gasteiger charge is 2.32. The maximum Gasteiger partial charge on any atom is 0.474 e. The van der Waals surface area contributed by atoms with E-state index in [0.29, 0.717) is 17.2 Å². The fraction of sp³-hybridized carbons (Fsp3) is 0.276. The van der Waals surface area contributed by atoms with Crippen molar-refractivity contribution < 1.29 is 28.0 Å². The van der Waals surface area contributed by atoms with Gasteiger partial charge in [-0.15, -0.1) is 0 Å². The predicted molar refractivity (Wildman–Crippen MR) is 155 cm³/mol. The fourth-order valence-corrected chi connectivity index (χ4v) is 5.48. The van der Waals surface area contributed by atoms with Crippen molar-refractivity contribution in [2.75, 3.05) is 19.1 Å². The van der Waals surface area contributed by atoms with Crippen molar-refractivity contribution in [3.8, 4) is 28.1 Å². The lowest BCUT2D eigenvalue weighted by molar-refractivity contribution is -0.113. The summed E-state index contributed by atoms with van der Waals surface area (Å²) in [5.41, 5.74) is 3.63. The van der Waals surface area contributed by atoms with Crippen LogP contribution in [0.5, 0.6) is 5.88 Å². The number of amides is 1. The van der Waals surface area contributed by atoms with Crippen molar-refractivity contribution in [1.82, 2.24) is 14.5 Å². The van der Waals surface area contributed by atoms with Gasteiger partial charge in [-0.2, -0.15) is 0 Å². The van der Waals surface area contributed by atoms with E-state index in [9.17, 15) is 14.3 Å². The van der Waals surface area contributed by atoms with Crippen LogP contribution >= 0.6 is 7.82 Å². The highest BCUT2D eigenvalue weighted by molar-refractivity contribution is 7.47. The molecule has 0 aliphatic heterocycles. The van der Waals surface area contributed by atoms with Gasteiger partial charge in [0.05, 0.1) is 12.7 Å². The van der Waals surface area contributed by atoms with Gasteiger partial charge >= 0.3 is 7.82 Å². The molecule has 1 amide bonds. The van der Waals surface area contributed by atoms with Gasteiger partial charge in [-0.05, 0) is 69.2 Å². The minimum absolute atomic E-state index is 0.220. The van der Waals surface area contributed by atoms with E-state index in [2.05, 4.69) is 11.6 Å². The number of fused-ring (bicyclic) bond motifs is 1. The van der Waals surface area contributed by atoms with E-state index in [1.807, 2.05) is 42.6 Å². The monoisotopic (exact) mass is 564 g/mol. The lowest BCUT2D eigenvalue weighted by Gasteiger charge is -2.25. The molecule has 1 N–H and O–H groups in total. The zero-order chi connectivity index (χ0) is 29.2. The average molecular weight is 565 g/mol. The number of rotatable bonds is 9. The Morgan fingerprint density at radius 3 is 2.58 bits per heavy atom. The number of hydrogen-bond donors (Lipinski definition) is 1. The summed E-state index contributed by atoms with van der Waals surface area (Å²) in [6.07, 6.45) is 5.54. The number of benzene rings is 1. The molecular weight excluding hydrogens is 531 g/mol. The summed E-state index contributed by atoms with van der Waals surface area (Å²) < 4.78 is 30.5. The Bertz CT molecular complexity index is 1610. The van der Waals surface area contributed by atoms with Crippen LogP contribution in [0.15, 0.2) is 73.7 Å². The summed E-state index contributed by atoms with van der Waals surface area (Å²) in [6, 6.07) is 13.2. The highest BCUT2D eigenvalue weighted by atomic mass is 31.2. The number of aromatic nitrogens is 3. The van der Waals surface area contributed by atoms with Crippen LogP contribution in [0.4, 0.5) is 5.69 Å². The normalized spacial score (nSPS) is 14.0. The second-order valence-electron chi connectivity index (χ2n) is 10.2. The highest BCUT2D eigenvalue weighted by Crippen LogP contribution is 2.50. The predicted octanol–water partition coefficient (Wildman–Crippen LogP) is 6.37. The largest absolute Gasteiger partial charge is 0.481 e. The van der Waals surface area contributed by atoms with Gasteiger partial charge in [0, 0.05) is 53.9 Å². The minimum atomic E-state index is -4.39. The quantitative estimate of drug-likeness (QED) is 0.184. The number of anilines is 1. The number of ether oxygens (including phenoxy) is 1. The van der Waals surface area contributed by atoms with Gasteiger partial charge in [-0.3, -0.25) is 13.8 Å². The first-order chi connectivity index (χ1) is 18.8. The molecule has 0 spiro atoms. The number of phosphoric acid groups is 1. The number of carbonyl (C=O) groups excluding carboxylic acids is 1. The van der Waals surface area contributed by atoms with Crippen molar-refractivity contribution in [2.24, 2.45) is 0 Å². The first-order valence-electron chi connectivity index (χ1n) is 12.6. The van der Waals surface area contributed by atoms with Crippen LogP contribution in [0.3, 0.4) is 0 Å². The van der Waals surface area contributed by atoms with E-state index in [1.165, 1.54) is 11.0 Å². The van der Waals surface area contributed by atoms with Gasteiger partial charge in [0.2, 0.25) is 11.8 Å². The molecule has 10 nitrogen and oxygen atoms in total. The van der Waals surface area contributed by atoms with Crippen molar-refractivity contribution in [1.29, 1.82) is 0 Å². The van der Waals surface area contributed by atoms with E-state index in [0.717, 1.165) is 27.6 Å². The van der Waals surface area contributed by atoms with Crippen LogP contribution in [0, 0.1) is 0 Å². The van der Waals surface area contributed by atoms with Crippen LogP contribution in [0.2, 0.25) is 0 Å². The Kier molecular flexibility index (Phi) is 8.28. The molecule has 2 atom stereocenters. The zero-order valence-electron chi connectivity index (χ0n) is 23.4. The van der Waals surface area contributed by atoms with E-state index in [-0.39, 0.29) is 5.91 Å². The third-order valence-electron chi connectivity index (χ3n) is 6.06. The minimum Gasteiger partial charge on any atom is -0.481 e. The molecule has 3 heterocycles. The summed E-state index contributed by atoms with van der Waals surface area (Å²) in [7, 11) is -1.16. The van der Waals surface area contributed by atoms with Crippen LogP contribution < -0.4 is 9.64 Å². The molecule has 0 saturated carbocycles. The molecule has 40 heavy (non-hydrogen) atoms. The summed E-state index contributed by atoms with van der Waals surface area (Å²) >= 11 is 0. The molecule has 4 rings (SSSR count). The molecule has 0 radical (unpaired) electrons. The molecule has 0 bridgehead atoms. The molecule has 2 unspecified atom stereocenters. The van der Waals surface area contributed by atoms with Crippen molar-refractivity contribution in [3.63, 3.8) is 0 Å². The maximum absolute atomic E-state index is 12.7. The lowest BCUT2D eigenvalue weighted by atomic mass is 10.0. The number of carbonyl (C=O) groups is 1. The number of hydrogen-bond acceptors (Lipinski definition) is 7. The molecular formula is C29H33N4O6P. The van der Waals surface area contributed by atoms with Crippen molar-refractivity contribution >= 4 is 30.5 Å². The second-order valence-corrected chi connectivity index (χ2v) is 11.5. The van der Waals surface area contributed by atoms with E-state index in [1.54, 1.807) is 64.9 Å². The molecule has 0 aliphatic rings. The average Bonchev–Trinajstić information content (AvgIpc) is 3.30. The zero-order valence-corrected chi connectivity index (χ0v) is 24.3. The summed E-state index contributed by atoms with van der Waals surface area (Å²) in [5.74, 6) is 0.218. The first kappa shape index (κ1) is 29.2. The van der Waals surface area contributed by atoms with E-state index in [4.69, 9.17) is 18.8 Å². The SMILES string of the molecule is C=CC(=O)N(C)c1cccc(-c2cnc3c(c2)c(-c2ccnc(OC)c2)cn3C(C)OP(=O)(O)OC(C)(C)C)c1. The van der Waals surface area contributed by atoms with Gasteiger partial charge in [0.1, 0.15) is 11.9 Å². The van der Waals surface area contributed by atoms with Gasteiger partial charge in [0.15, 0.2) is 0 Å². The molecule has 1 aromatic carbocycles. The molecule has 3 aromatic heterocycles. The standard InChI is InChI=1S/C29H33N4O6P/c1-8-27(34)32(6)23-11-9-10-20(14-23)22-15-24-25(21-12-13-30-26(16-21)37-7)18-33(28(24)31-17-22)19(2)38-40(35,36)39-29(3,4)5/h8-19H,1H2,2-7H3,(H,35,36). The molecule has 210 valence electrons. The van der Waals surface area contributed by atoms with E-state index >= 15 is 0 Å². The Balaban J connectivity index is 1.84. The second kappa shape index (κ2) is 11.3. The molecule has 0 aliphatic carbocycles. The summed E-state index contributed by atoms with van der Waals surface area (Å²) in [5, 5.41) is 0.770. The topological polar surface area (TPSA) is 116 Å². The number of pyridine rings is 2. The third kappa shape index (κ3) is 6.48. The van der Waals surface area contributed by atoms with Crippen LogP contribution in [-0.2, 0) is 18.4 Å². The van der Waals surface area contributed by atoms with Gasteiger partial charge in [0.25, 0.3) is 0 Å². The van der Waals surface area contributed by atoms with Crippen LogP contribution in [0.25, 0.3) is 33.3 Å². The van der Waals surface area contributed by atoms with Gasteiger partial charge in [-0.25, -0.2) is 14.5 Å². The Labute approximate surface area is 233 Å². The fourth-order valence-electron chi connectivity index (χ4n) is 4.25. The Morgan fingerprint density at radius 1 is 1.15 bits per heavy atom. The van der Waals surface area contributed by atoms with Crippen LogP contribution in [0.1, 0.15) is 33.9 Å². The number of phosphoric ester groups is 1. The third-order valence-corrected chi connectivity index (χ3v) is 7.41.